The molecule has 0 aliphatic heterocycles. The highest BCUT2D eigenvalue weighted by atomic mass is 35.5. The Morgan fingerprint density at radius 2 is 2.05 bits per heavy atom. The number of aliphatic hydroxyl groups is 1. The third-order valence-electron chi connectivity index (χ3n) is 2.95. The molecule has 1 heterocycles. The molecule has 1 aromatic carbocycles. The largest absolute Gasteiger partial charge is 0.388 e. The SMILES string of the molecule is CC(C)c1nc(CO)n(C)c1Sc1ccc(Cl)cc1Cl. The Balaban J connectivity index is 2.44. The number of rotatable bonds is 4. The van der Waals surface area contributed by atoms with Crippen LogP contribution in [-0.4, -0.2) is 14.7 Å². The summed E-state index contributed by atoms with van der Waals surface area (Å²) in [4.78, 5) is 5.42. The van der Waals surface area contributed by atoms with Crippen molar-refractivity contribution in [2.45, 2.75) is 36.3 Å². The number of aromatic nitrogens is 2. The maximum absolute atomic E-state index is 9.36. The Kier molecular flexibility index (Phi) is 5.02. The van der Waals surface area contributed by atoms with Gasteiger partial charge in [0.1, 0.15) is 17.5 Å². The van der Waals surface area contributed by atoms with Crippen molar-refractivity contribution in [3.05, 3.63) is 39.8 Å². The molecule has 3 nitrogen and oxygen atoms in total. The predicted molar refractivity (Wildman–Crippen MR) is 83.8 cm³/mol. The van der Waals surface area contributed by atoms with Crippen LogP contribution in [0.4, 0.5) is 0 Å². The first-order valence-corrected chi connectivity index (χ1v) is 7.80. The molecule has 2 rings (SSSR count). The number of aliphatic hydroxyl groups excluding tert-OH is 1. The van der Waals surface area contributed by atoms with Crippen LogP contribution in [0.1, 0.15) is 31.3 Å². The minimum atomic E-state index is -0.0782. The highest BCUT2D eigenvalue weighted by Crippen LogP contribution is 2.38. The van der Waals surface area contributed by atoms with Crippen molar-refractivity contribution < 1.29 is 5.11 Å². The molecule has 0 fully saturated rings. The highest BCUT2D eigenvalue weighted by Gasteiger charge is 2.18. The maximum Gasteiger partial charge on any atom is 0.135 e. The molecule has 0 aliphatic rings. The summed E-state index contributed by atoms with van der Waals surface area (Å²) >= 11 is 13.7. The molecular formula is C14H16Cl2N2OS. The van der Waals surface area contributed by atoms with Crippen LogP contribution in [0.15, 0.2) is 28.1 Å². The molecule has 0 amide bonds. The third-order valence-corrected chi connectivity index (χ3v) is 4.86. The van der Waals surface area contributed by atoms with E-state index in [2.05, 4.69) is 18.8 Å². The van der Waals surface area contributed by atoms with Gasteiger partial charge in [0, 0.05) is 17.0 Å². The number of benzene rings is 1. The Bertz CT molecular complexity index is 626. The van der Waals surface area contributed by atoms with E-state index in [9.17, 15) is 5.11 Å². The van der Waals surface area contributed by atoms with Crippen molar-refractivity contribution in [1.29, 1.82) is 0 Å². The molecule has 0 atom stereocenters. The summed E-state index contributed by atoms with van der Waals surface area (Å²) in [5.74, 6) is 0.927. The molecule has 1 aromatic heterocycles. The summed E-state index contributed by atoms with van der Waals surface area (Å²) in [6.07, 6.45) is 0. The Labute approximate surface area is 132 Å². The minimum absolute atomic E-state index is 0.0782. The summed E-state index contributed by atoms with van der Waals surface area (Å²) in [7, 11) is 1.90. The van der Waals surface area contributed by atoms with Gasteiger partial charge in [-0.3, -0.25) is 0 Å². The quantitative estimate of drug-likeness (QED) is 0.897. The van der Waals surface area contributed by atoms with Crippen LogP contribution in [0.3, 0.4) is 0 Å². The summed E-state index contributed by atoms with van der Waals surface area (Å²) in [6, 6.07) is 5.43. The van der Waals surface area contributed by atoms with Gasteiger partial charge in [0.15, 0.2) is 0 Å². The zero-order valence-electron chi connectivity index (χ0n) is 11.5. The number of hydrogen-bond acceptors (Lipinski definition) is 3. The minimum Gasteiger partial charge on any atom is -0.388 e. The highest BCUT2D eigenvalue weighted by molar-refractivity contribution is 7.99. The fraction of sp³-hybridized carbons (Fsp3) is 0.357. The van der Waals surface area contributed by atoms with Gasteiger partial charge < -0.3 is 9.67 Å². The van der Waals surface area contributed by atoms with Gasteiger partial charge in [0.05, 0.1) is 10.7 Å². The van der Waals surface area contributed by atoms with Gasteiger partial charge in [-0.2, -0.15) is 0 Å². The van der Waals surface area contributed by atoms with Crippen molar-refractivity contribution in [2.75, 3.05) is 0 Å². The first-order chi connectivity index (χ1) is 9.43. The lowest BCUT2D eigenvalue weighted by Crippen LogP contribution is -1.98. The fourth-order valence-corrected chi connectivity index (χ4v) is 3.50. The maximum atomic E-state index is 9.36. The van der Waals surface area contributed by atoms with E-state index in [1.165, 1.54) is 11.8 Å². The van der Waals surface area contributed by atoms with E-state index in [1.54, 1.807) is 6.07 Å². The second-order valence-electron chi connectivity index (χ2n) is 4.77. The molecule has 0 aliphatic carbocycles. The Morgan fingerprint density at radius 3 is 2.60 bits per heavy atom. The van der Waals surface area contributed by atoms with Gasteiger partial charge in [0.2, 0.25) is 0 Å². The van der Waals surface area contributed by atoms with Crippen LogP contribution >= 0.6 is 35.0 Å². The molecule has 0 saturated heterocycles. The zero-order chi connectivity index (χ0) is 14.9. The summed E-state index contributed by atoms with van der Waals surface area (Å²) < 4.78 is 1.91. The first kappa shape index (κ1) is 15.7. The Hall–Kier alpha value is -0.680. The van der Waals surface area contributed by atoms with Crippen LogP contribution in [0.2, 0.25) is 10.0 Å². The van der Waals surface area contributed by atoms with Crippen LogP contribution < -0.4 is 0 Å². The second-order valence-corrected chi connectivity index (χ2v) is 6.64. The summed E-state index contributed by atoms with van der Waals surface area (Å²) in [5.41, 5.74) is 0.965. The third kappa shape index (κ3) is 3.14. The van der Waals surface area contributed by atoms with Crippen molar-refractivity contribution in [1.82, 2.24) is 9.55 Å². The van der Waals surface area contributed by atoms with Gasteiger partial charge in [-0.15, -0.1) is 0 Å². The number of hydrogen-bond donors (Lipinski definition) is 1. The second kappa shape index (κ2) is 6.39. The molecule has 108 valence electrons. The van der Waals surface area contributed by atoms with E-state index in [4.69, 9.17) is 23.2 Å². The predicted octanol–water partition coefficient (Wildman–Crippen LogP) is 4.49. The number of halogens is 2. The van der Waals surface area contributed by atoms with Crippen molar-refractivity contribution in [3.8, 4) is 0 Å². The molecule has 2 aromatic rings. The van der Waals surface area contributed by atoms with Gasteiger partial charge in [-0.25, -0.2) is 4.98 Å². The zero-order valence-corrected chi connectivity index (χ0v) is 13.9. The smallest absolute Gasteiger partial charge is 0.135 e. The van der Waals surface area contributed by atoms with Crippen LogP contribution in [0.5, 0.6) is 0 Å². The van der Waals surface area contributed by atoms with Crippen molar-refractivity contribution in [3.63, 3.8) is 0 Å². The van der Waals surface area contributed by atoms with Gasteiger partial charge >= 0.3 is 0 Å². The lowest BCUT2D eigenvalue weighted by molar-refractivity contribution is 0.266. The Morgan fingerprint density at radius 1 is 1.35 bits per heavy atom. The average molecular weight is 331 g/mol. The van der Waals surface area contributed by atoms with E-state index in [1.807, 2.05) is 23.7 Å². The van der Waals surface area contributed by atoms with Crippen LogP contribution in [-0.2, 0) is 13.7 Å². The molecular weight excluding hydrogens is 315 g/mol. The topological polar surface area (TPSA) is 38.1 Å². The average Bonchev–Trinajstić information content (AvgIpc) is 2.70. The van der Waals surface area contributed by atoms with E-state index in [-0.39, 0.29) is 12.5 Å². The summed E-state index contributed by atoms with van der Waals surface area (Å²) in [5, 5.41) is 11.6. The monoisotopic (exact) mass is 330 g/mol. The molecule has 0 saturated carbocycles. The first-order valence-electron chi connectivity index (χ1n) is 6.23. The van der Waals surface area contributed by atoms with Crippen LogP contribution in [0.25, 0.3) is 0 Å². The van der Waals surface area contributed by atoms with E-state index >= 15 is 0 Å². The number of imidazole rings is 1. The molecule has 0 bridgehead atoms. The van der Waals surface area contributed by atoms with E-state index in [0.29, 0.717) is 15.9 Å². The van der Waals surface area contributed by atoms with E-state index in [0.717, 1.165) is 15.6 Å². The molecule has 0 unspecified atom stereocenters. The molecule has 20 heavy (non-hydrogen) atoms. The molecule has 6 heteroatoms. The normalized spacial score (nSPS) is 11.3. The standard InChI is InChI=1S/C14H16Cl2N2OS/c1-8(2)13-14(18(3)12(7-19)17-13)20-11-5-4-9(15)6-10(11)16/h4-6,8,19H,7H2,1-3H3. The van der Waals surface area contributed by atoms with Gasteiger partial charge in [0.25, 0.3) is 0 Å². The summed E-state index contributed by atoms with van der Waals surface area (Å²) in [6.45, 7) is 4.08. The van der Waals surface area contributed by atoms with Crippen LogP contribution in [0, 0.1) is 0 Å². The molecule has 0 radical (unpaired) electrons. The van der Waals surface area contributed by atoms with E-state index < -0.39 is 0 Å². The molecule has 1 N–H and O–H groups in total. The van der Waals surface area contributed by atoms with Crippen molar-refractivity contribution in [2.24, 2.45) is 7.05 Å². The van der Waals surface area contributed by atoms with Crippen molar-refractivity contribution >= 4 is 35.0 Å². The molecule has 0 spiro atoms. The fourth-order valence-electron chi connectivity index (χ4n) is 1.85. The lowest BCUT2D eigenvalue weighted by atomic mass is 10.2. The lowest BCUT2D eigenvalue weighted by Gasteiger charge is -2.09. The van der Waals surface area contributed by atoms with Gasteiger partial charge in [-0.1, -0.05) is 48.8 Å². The number of nitrogens with zero attached hydrogens (tertiary/aromatic N) is 2. The van der Waals surface area contributed by atoms with Gasteiger partial charge in [-0.05, 0) is 24.1 Å².